The molecule has 0 fully saturated rings. The van der Waals surface area contributed by atoms with E-state index in [0.29, 0.717) is 5.56 Å². The predicted molar refractivity (Wildman–Crippen MR) is 59.9 cm³/mol. The van der Waals surface area contributed by atoms with Crippen LogP contribution in [-0.2, 0) is 0 Å². The average Bonchev–Trinajstić information content (AvgIpc) is 2.23. The summed E-state index contributed by atoms with van der Waals surface area (Å²) in [7, 11) is 1.64. The van der Waals surface area contributed by atoms with Crippen molar-refractivity contribution in [2.24, 2.45) is 0 Å². The van der Waals surface area contributed by atoms with Crippen LogP contribution in [0.4, 0.5) is 4.39 Å². The van der Waals surface area contributed by atoms with Crippen molar-refractivity contribution in [2.75, 3.05) is 7.11 Å². The van der Waals surface area contributed by atoms with Gasteiger partial charge in [-0.05, 0) is 53.9 Å². The summed E-state index contributed by atoms with van der Waals surface area (Å²) in [4.78, 5) is 0. The molecule has 0 unspecified atom stereocenters. The van der Waals surface area contributed by atoms with Crippen molar-refractivity contribution < 1.29 is 9.13 Å². The first-order valence-corrected chi connectivity index (χ1v) is 4.87. The number of methoxy groups -OCH3 is 1. The Hall–Kier alpha value is -1.57. The Morgan fingerprint density at radius 2 is 1.87 bits per heavy atom. The highest BCUT2D eigenvalue weighted by molar-refractivity contribution is 5.90. The maximum Gasteiger partial charge on any atom is 0.126 e. The molecular weight excluding hydrogens is 191 g/mol. The molecule has 0 amide bonds. The minimum atomic E-state index is -0.157. The second-order valence-corrected chi connectivity index (χ2v) is 3.71. The van der Waals surface area contributed by atoms with E-state index in [1.807, 2.05) is 19.1 Å². The lowest BCUT2D eigenvalue weighted by molar-refractivity contribution is 0.415. The SMILES string of the molecule is COc1cc(C)c2c(C)c(F)ccc2c1. The summed E-state index contributed by atoms with van der Waals surface area (Å²) in [6, 6.07) is 7.13. The van der Waals surface area contributed by atoms with E-state index in [1.54, 1.807) is 20.1 Å². The first-order valence-electron chi connectivity index (χ1n) is 4.87. The van der Waals surface area contributed by atoms with Gasteiger partial charge in [-0.2, -0.15) is 0 Å². The summed E-state index contributed by atoms with van der Waals surface area (Å²) in [5.41, 5.74) is 1.74. The number of hydrogen-bond acceptors (Lipinski definition) is 1. The Kier molecular flexibility index (Phi) is 2.35. The van der Waals surface area contributed by atoms with Crippen LogP contribution in [-0.4, -0.2) is 7.11 Å². The van der Waals surface area contributed by atoms with Gasteiger partial charge in [0.05, 0.1) is 7.11 Å². The van der Waals surface area contributed by atoms with Gasteiger partial charge < -0.3 is 4.74 Å². The van der Waals surface area contributed by atoms with Crippen molar-refractivity contribution in [3.8, 4) is 5.75 Å². The molecule has 2 aromatic rings. The third-order valence-electron chi connectivity index (χ3n) is 2.72. The molecule has 0 bridgehead atoms. The number of ether oxygens (including phenoxy) is 1. The molecule has 15 heavy (non-hydrogen) atoms. The fourth-order valence-corrected chi connectivity index (χ4v) is 1.95. The normalized spacial score (nSPS) is 10.7. The fraction of sp³-hybridized carbons (Fsp3) is 0.231. The van der Waals surface area contributed by atoms with Gasteiger partial charge in [0, 0.05) is 0 Å². The van der Waals surface area contributed by atoms with E-state index in [4.69, 9.17) is 4.74 Å². The lowest BCUT2D eigenvalue weighted by Crippen LogP contribution is -1.90. The zero-order valence-corrected chi connectivity index (χ0v) is 9.10. The zero-order chi connectivity index (χ0) is 11.0. The van der Waals surface area contributed by atoms with Crippen LogP contribution in [0.2, 0.25) is 0 Å². The topological polar surface area (TPSA) is 9.23 Å². The molecule has 0 aliphatic carbocycles. The number of hydrogen-bond donors (Lipinski definition) is 0. The van der Waals surface area contributed by atoms with Crippen LogP contribution in [0.15, 0.2) is 24.3 Å². The van der Waals surface area contributed by atoms with Crippen LogP contribution in [0.1, 0.15) is 11.1 Å². The monoisotopic (exact) mass is 204 g/mol. The van der Waals surface area contributed by atoms with Gasteiger partial charge in [-0.1, -0.05) is 6.07 Å². The third-order valence-corrected chi connectivity index (χ3v) is 2.72. The molecule has 0 aliphatic heterocycles. The highest BCUT2D eigenvalue weighted by Crippen LogP contribution is 2.28. The summed E-state index contributed by atoms with van der Waals surface area (Å²) < 4.78 is 18.6. The molecule has 2 heteroatoms. The molecule has 2 aromatic carbocycles. The zero-order valence-electron chi connectivity index (χ0n) is 9.10. The van der Waals surface area contributed by atoms with Crippen molar-refractivity contribution in [2.45, 2.75) is 13.8 Å². The van der Waals surface area contributed by atoms with Gasteiger partial charge in [0.25, 0.3) is 0 Å². The Balaban J connectivity index is 2.85. The smallest absolute Gasteiger partial charge is 0.126 e. The van der Waals surface area contributed by atoms with E-state index >= 15 is 0 Å². The highest BCUT2D eigenvalue weighted by atomic mass is 19.1. The molecule has 0 N–H and O–H groups in total. The Bertz CT molecular complexity index is 517. The maximum absolute atomic E-state index is 13.4. The van der Waals surface area contributed by atoms with Gasteiger partial charge in [0.2, 0.25) is 0 Å². The number of benzene rings is 2. The second-order valence-electron chi connectivity index (χ2n) is 3.71. The van der Waals surface area contributed by atoms with Crippen LogP contribution in [0.3, 0.4) is 0 Å². The van der Waals surface area contributed by atoms with Crippen LogP contribution in [0.25, 0.3) is 10.8 Å². The Morgan fingerprint density at radius 1 is 1.13 bits per heavy atom. The molecule has 0 aromatic heterocycles. The van der Waals surface area contributed by atoms with Crippen molar-refractivity contribution in [1.82, 2.24) is 0 Å². The number of aryl methyl sites for hydroxylation is 2. The highest BCUT2D eigenvalue weighted by Gasteiger charge is 2.07. The maximum atomic E-state index is 13.4. The van der Waals surface area contributed by atoms with Crippen molar-refractivity contribution >= 4 is 10.8 Å². The average molecular weight is 204 g/mol. The van der Waals surface area contributed by atoms with E-state index in [-0.39, 0.29) is 5.82 Å². The first-order chi connectivity index (χ1) is 7.13. The Morgan fingerprint density at radius 3 is 2.53 bits per heavy atom. The van der Waals surface area contributed by atoms with Gasteiger partial charge in [0.15, 0.2) is 0 Å². The molecule has 2 rings (SSSR count). The van der Waals surface area contributed by atoms with Gasteiger partial charge in [0.1, 0.15) is 11.6 Å². The van der Waals surface area contributed by atoms with Gasteiger partial charge >= 0.3 is 0 Å². The minimum absolute atomic E-state index is 0.157. The van der Waals surface area contributed by atoms with Crippen LogP contribution < -0.4 is 4.74 Å². The summed E-state index contributed by atoms with van der Waals surface area (Å²) >= 11 is 0. The van der Waals surface area contributed by atoms with E-state index in [2.05, 4.69) is 0 Å². The first kappa shape index (κ1) is 9.97. The largest absolute Gasteiger partial charge is 0.497 e. The van der Waals surface area contributed by atoms with Gasteiger partial charge in [-0.3, -0.25) is 0 Å². The molecule has 0 spiro atoms. The molecule has 0 saturated carbocycles. The molecule has 0 atom stereocenters. The summed E-state index contributed by atoms with van der Waals surface area (Å²) in [5, 5.41) is 2.00. The van der Waals surface area contributed by atoms with E-state index in [1.165, 1.54) is 6.07 Å². The van der Waals surface area contributed by atoms with Gasteiger partial charge in [-0.15, -0.1) is 0 Å². The van der Waals surface area contributed by atoms with Crippen LogP contribution >= 0.6 is 0 Å². The summed E-state index contributed by atoms with van der Waals surface area (Å²) in [5.74, 6) is 0.654. The summed E-state index contributed by atoms with van der Waals surface area (Å²) in [6.45, 7) is 3.77. The van der Waals surface area contributed by atoms with Crippen molar-refractivity contribution in [3.63, 3.8) is 0 Å². The molecule has 0 heterocycles. The van der Waals surface area contributed by atoms with E-state index in [0.717, 1.165) is 22.1 Å². The molecule has 1 nitrogen and oxygen atoms in total. The van der Waals surface area contributed by atoms with E-state index < -0.39 is 0 Å². The van der Waals surface area contributed by atoms with Crippen LogP contribution in [0.5, 0.6) is 5.75 Å². The molecule has 0 radical (unpaired) electrons. The number of rotatable bonds is 1. The number of halogens is 1. The van der Waals surface area contributed by atoms with Crippen molar-refractivity contribution in [3.05, 3.63) is 41.2 Å². The minimum Gasteiger partial charge on any atom is -0.497 e. The second kappa shape index (κ2) is 3.54. The summed E-state index contributed by atoms with van der Waals surface area (Å²) in [6.07, 6.45) is 0. The predicted octanol–water partition coefficient (Wildman–Crippen LogP) is 3.60. The van der Waals surface area contributed by atoms with Crippen molar-refractivity contribution in [1.29, 1.82) is 0 Å². The quantitative estimate of drug-likeness (QED) is 0.689. The van der Waals surface area contributed by atoms with Gasteiger partial charge in [-0.25, -0.2) is 4.39 Å². The third kappa shape index (κ3) is 1.56. The van der Waals surface area contributed by atoms with E-state index in [9.17, 15) is 4.39 Å². The molecular formula is C13H13FO. The Labute approximate surface area is 88.5 Å². The lowest BCUT2D eigenvalue weighted by Gasteiger charge is -2.09. The standard InChI is InChI=1S/C13H13FO/c1-8-6-11(15-3)7-10-4-5-12(14)9(2)13(8)10/h4-7H,1-3H3. The van der Waals surface area contributed by atoms with Crippen LogP contribution in [0, 0.1) is 19.7 Å². The molecule has 78 valence electrons. The molecule has 0 saturated heterocycles. The fourth-order valence-electron chi connectivity index (χ4n) is 1.95. The number of fused-ring (bicyclic) bond motifs is 1. The lowest BCUT2D eigenvalue weighted by atomic mass is 10.00. The molecule has 0 aliphatic rings.